The lowest BCUT2D eigenvalue weighted by atomic mass is 9.70. The molecule has 0 spiro atoms. The third-order valence-corrected chi connectivity index (χ3v) is 9.52. The van der Waals surface area contributed by atoms with Crippen molar-refractivity contribution >= 4 is 28.5 Å². The fraction of sp³-hybridized carbons (Fsp3) is 0.714. The zero-order valence-electron chi connectivity index (χ0n) is 21.0. The molecule has 6 nitrogen and oxygen atoms in total. The highest BCUT2D eigenvalue weighted by molar-refractivity contribution is 6.31. The number of hydrogen-bond acceptors (Lipinski definition) is 5. The SMILES string of the molecule is CO[C@H]1CC[C@H](C(C(N)=O)C2CCC(CCN3CCC(c4noc5cc(Cl)ccc45)CC3)CC2)C1. The third-order valence-electron chi connectivity index (χ3n) is 9.28. The molecule has 2 aromatic rings. The Kier molecular flexibility index (Phi) is 8.00. The molecule has 3 fully saturated rings. The lowest BCUT2D eigenvalue weighted by Gasteiger charge is -2.36. The van der Waals surface area contributed by atoms with E-state index in [1.165, 1.54) is 25.8 Å². The maximum Gasteiger partial charge on any atom is 0.221 e. The molecule has 1 aromatic heterocycles. The topological polar surface area (TPSA) is 81.6 Å². The molecule has 1 amide bonds. The zero-order valence-corrected chi connectivity index (χ0v) is 21.7. The van der Waals surface area contributed by atoms with Crippen LogP contribution in [-0.2, 0) is 9.53 Å². The highest BCUT2D eigenvalue weighted by Crippen LogP contribution is 2.43. The predicted molar refractivity (Wildman–Crippen MR) is 138 cm³/mol. The standard InChI is InChI=1S/C28H40ClN3O3/c1-34-23-8-6-21(16-23)26(28(30)33)19-4-2-18(3-5-19)10-13-32-14-11-20(12-15-32)27-24-9-7-22(29)17-25(24)35-31-27/h7,9,17-21,23,26H,2-6,8,10-16H2,1H3,(H2,30,33)/t18?,19?,21-,23-,26?/m0/s1. The van der Waals surface area contributed by atoms with E-state index in [1.54, 1.807) is 7.11 Å². The van der Waals surface area contributed by atoms with Gasteiger partial charge in [0.2, 0.25) is 5.91 Å². The lowest BCUT2D eigenvalue weighted by Crippen LogP contribution is -2.38. The van der Waals surface area contributed by atoms with Gasteiger partial charge in [-0.15, -0.1) is 0 Å². The van der Waals surface area contributed by atoms with Crippen LogP contribution in [0.1, 0.15) is 75.8 Å². The van der Waals surface area contributed by atoms with Gasteiger partial charge in [-0.2, -0.15) is 0 Å². The molecule has 1 unspecified atom stereocenters. The molecule has 3 atom stereocenters. The molecule has 1 saturated heterocycles. The fourth-order valence-electron chi connectivity index (χ4n) is 7.22. The monoisotopic (exact) mass is 501 g/mol. The Labute approximate surface area is 213 Å². The van der Waals surface area contributed by atoms with E-state index < -0.39 is 0 Å². The minimum atomic E-state index is -0.0823. The van der Waals surface area contributed by atoms with Crippen molar-refractivity contribution in [1.29, 1.82) is 0 Å². The number of carbonyl (C=O) groups is 1. The molecular weight excluding hydrogens is 462 g/mol. The van der Waals surface area contributed by atoms with Gasteiger partial charge >= 0.3 is 0 Å². The molecule has 2 heterocycles. The van der Waals surface area contributed by atoms with Gasteiger partial charge in [0, 0.05) is 35.4 Å². The summed E-state index contributed by atoms with van der Waals surface area (Å²) in [5, 5.41) is 6.18. The molecular formula is C28H40ClN3O3. The minimum absolute atomic E-state index is 0.0405. The van der Waals surface area contributed by atoms with Crippen molar-refractivity contribution in [3.05, 3.63) is 28.9 Å². The van der Waals surface area contributed by atoms with Crippen LogP contribution in [0.2, 0.25) is 5.02 Å². The number of nitrogens with two attached hydrogens (primary N) is 1. The fourth-order valence-corrected chi connectivity index (χ4v) is 7.38. The Morgan fingerprint density at radius 1 is 1.14 bits per heavy atom. The first-order chi connectivity index (χ1) is 17.0. The van der Waals surface area contributed by atoms with Crippen LogP contribution in [-0.4, -0.2) is 48.8 Å². The molecule has 7 heteroatoms. The van der Waals surface area contributed by atoms with Crippen LogP contribution in [0, 0.1) is 23.7 Å². The van der Waals surface area contributed by atoms with E-state index in [0.717, 1.165) is 80.6 Å². The van der Waals surface area contributed by atoms with Crippen molar-refractivity contribution in [3.8, 4) is 0 Å². The van der Waals surface area contributed by atoms with Gasteiger partial charge in [0.05, 0.1) is 11.8 Å². The van der Waals surface area contributed by atoms with Gasteiger partial charge in [0.25, 0.3) is 0 Å². The number of methoxy groups -OCH3 is 1. The largest absolute Gasteiger partial charge is 0.381 e. The van der Waals surface area contributed by atoms with Gasteiger partial charge in [-0.1, -0.05) is 29.6 Å². The second kappa shape index (κ2) is 11.2. The van der Waals surface area contributed by atoms with Crippen LogP contribution in [0.25, 0.3) is 11.0 Å². The van der Waals surface area contributed by atoms with Gasteiger partial charge in [-0.3, -0.25) is 4.79 Å². The average Bonchev–Trinajstić information content (AvgIpc) is 3.51. The highest BCUT2D eigenvalue weighted by Gasteiger charge is 2.40. The van der Waals surface area contributed by atoms with E-state index in [2.05, 4.69) is 10.1 Å². The molecule has 5 rings (SSSR count). The van der Waals surface area contributed by atoms with Crippen LogP contribution < -0.4 is 5.73 Å². The van der Waals surface area contributed by atoms with Crippen molar-refractivity contribution in [2.24, 2.45) is 29.4 Å². The van der Waals surface area contributed by atoms with Crippen LogP contribution in [0.5, 0.6) is 0 Å². The van der Waals surface area contributed by atoms with Crippen LogP contribution in [0.4, 0.5) is 0 Å². The maximum atomic E-state index is 12.4. The van der Waals surface area contributed by atoms with Gasteiger partial charge in [0.1, 0.15) is 0 Å². The number of aromatic nitrogens is 1. The van der Waals surface area contributed by atoms with Crippen molar-refractivity contribution in [2.75, 3.05) is 26.7 Å². The second-order valence-corrected chi connectivity index (χ2v) is 11.7. The maximum absolute atomic E-state index is 12.4. The van der Waals surface area contributed by atoms with Gasteiger partial charge in [0.15, 0.2) is 5.58 Å². The molecule has 1 aliphatic heterocycles. The predicted octanol–water partition coefficient (Wildman–Crippen LogP) is 5.77. The molecule has 3 aliphatic rings. The van der Waals surface area contributed by atoms with Crippen LogP contribution in [0.15, 0.2) is 22.7 Å². The first kappa shape index (κ1) is 25.0. The van der Waals surface area contributed by atoms with Crippen LogP contribution in [0.3, 0.4) is 0 Å². The Balaban J connectivity index is 1.06. The number of hydrogen-bond donors (Lipinski definition) is 1. The summed E-state index contributed by atoms with van der Waals surface area (Å²) in [5.41, 5.74) is 7.79. The second-order valence-electron chi connectivity index (χ2n) is 11.3. The summed E-state index contributed by atoms with van der Waals surface area (Å²) < 4.78 is 11.1. The Bertz CT molecular complexity index is 994. The smallest absolute Gasteiger partial charge is 0.221 e. The highest BCUT2D eigenvalue weighted by atomic mass is 35.5. The number of ether oxygens (including phenoxy) is 1. The number of piperidine rings is 1. The molecule has 1 aromatic carbocycles. The van der Waals surface area contributed by atoms with Crippen molar-refractivity contribution in [1.82, 2.24) is 10.1 Å². The summed E-state index contributed by atoms with van der Waals surface area (Å²) in [5.74, 6) is 2.08. The zero-order chi connectivity index (χ0) is 24.4. The quantitative estimate of drug-likeness (QED) is 0.496. The Morgan fingerprint density at radius 3 is 2.57 bits per heavy atom. The normalized spacial score (nSPS) is 29.5. The van der Waals surface area contributed by atoms with E-state index in [9.17, 15) is 4.79 Å². The average molecular weight is 502 g/mol. The molecule has 35 heavy (non-hydrogen) atoms. The lowest BCUT2D eigenvalue weighted by molar-refractivity contribution is -0.126. The molecule has 2 saturated carbocycles. The molecule has 0 radical (unpaired) electrons. The summed E-state index contributed by atoms with van der Waals surface area (Å²) in [6, 6.07) is 5.81. The summed E-state index contributed by atoms with van der Waals surface area (Å²) in [4.78, 5) is 15.0. The summed E-state index contributed by atoms with van der Waals surface area (Å²) in [7, 11) is 1.78. The minimum Gasteiger partial charge on any atom is -0.381 e. The molecule has 192 valence electrons. The Morgan fingerprint density at radius 2 is 1.89 bits per heavy atom. The van der Waals surface area contributed by atoms with E-state index in [1.807, 2.05) is 18.2 Å². The number of likely N-dealkylation sites (tertiary alicyclic amines) is 1. The number of carbonyl (C=O) groups excluding carboxylic acids is 1. The van der Waals surface area contributed by atoms with Crippen LogP contribution >= 0.6 is 11.6 Å². The third kappa shape index (κ3) is 5.70. The van der Waals surface area contributed by atoms with Crippen molar-refractivity contribution < 1.29 is 14.1 Å². The van der Waals surface area contributed by atoms with Crippen molar-refractivity contribution in [3.63, 3.8) is 0 Å². The number of nitrogens with zero attached hydrogens (tertiary/aromatic N) is 2. The number of amides is 1. The van der Waals surface area contributed by atoms with E-state index in [0.29, 0.717) is 28.9 Å². The number of halogens is 1. The number of fused-ring (bicyclic) bond motifs is 1. The summed E-state index contributed by atoms with van der Waals surface area (Å²) in [6.07, 6.45) is 11.7. The number of rotatable bonds is 8. The van der Waals surface area contributed by atoms with E-state index in [4.69, 9.17) is 26.6 Å². The van der Waals surface area contributed by atoms with Gasteiger partial charge in [-0.25, -0.2) is 0 Å². The summed E-state index contributed by atoms with van der Waals surface area (Å²) in [6.45, 7) is 3.41. The summed E-state index contributed by atoms with van der Waals surface area (Å²) >= 11 is 6.09. The first-order valence-corrected chi connectivity index (χ1v) is 14.0. The van der Waals surface area contributed by atoms with E-state index in [-0.39, 0.29) is 11.8 Å². The Hall–Kier alpha value is -1.63. The molecule has 0 bridgehead atoms. The van der Waals surface area contributed by atoms with Crippen molar-refractivity contribution in [2.45, 2.75) is 76.2 Å². The van der Waals surface area contributed by atoms with E-state index >= 15 is 0 Å². The van der Waals surface area contributed by atoms with Gasteiger partial charge < -0.3 is 19.9 Å². The van der Waals surface area contributed by atoms with Gasteiger partial charge in [-0.05, 0) is 101 Å². The number of primary amides is 1. The first-order valence-electron chi connectivity index (χ1n) is 13.6. The molecule has 2 N–H and O–H groups in total. The number of benzene rings is 1. The molecule has 2 aliphatic carbocycles.